The first-order chi connectivity index (χ1) is 12.6. The summed E-state index contributed by atoms with van der Waals surface area (Å²) in [7, 11) is 0. The normalized spacial score (nSPS) is 27.1. The maximum Gasteiger partial charge on any atom is 0.222 e. The summed E-state index contributed by atoms with van der Waals surface area (Å²) in [6, 6.07) is 6.21. The van der Waals surface area contributed by atoms with E-state index in [0.29, 0.717) is 18.9 Å². The minimum absolute atomic E-state index is 0.238. The second-order valence-corrected chi connectivity index (χ2v) is 8.40. The number of piperidine rings is 2. The van der Waals surface area contributed by atoms with Crippen LogP contribution < -0.4 is 4.74 Å². The van der Waals surface area contributed by atoms with Gasteiger partial charge in [-0.15, -0.1) is 0 Å². The van der Waals surface area contributed by atoms with Crippen molar-refractivity contribution >= 4 is 5.91 Å². The van der Waals surface area contributed by atoms with Gasteiger partial charge in [-0.25, -0.2) is 4.39 Å². The molecular formula is C21H29FN2O2. The molecule has 2 heterocycles. The highest BCUT2D eigenvalue weighted by Gasteiger charge is 2.42. The Morgan fingerprint density at radius 3 is 2.73 bits per heavy atom. The highest BCUT2D eigenvalue weighted by molar-refractivity contribution is 5.77. The number of halogens is 1. The van der Waals surface area contributed by atoms with Crippen molar-refractivity contribution in [3.8, 4) is 5.75 Å². The summed E-state index contributed by atoms with van der Waals surface area (Å²) in [6.45, 7) is 5.59. The first-order valence-electron chi connectivity index (χ1n) is 10.0. The standard InChI is InChI=1S/C21H29FN2O2/c22-18-4-6-19(7-5-18)26-13-12-23-11-1-9-21(15-23)10-8-20(25)24(16-21)14-17-2-3-17/h4-7,17H,1-3,8-16H2/t21-/m1/s1. The quantitative estimate of drug-likeness (QED) is 0.780. The molecule has 3 aliphatic rings. The summed E-state index contributed by atoms with van der Waals surface area (Å²) >= 11 is 0. The molecule has 1 spiro atoms. The third-order valence-corrected chi connectivity index (χ3v) is 6.15. The second kappa shape index (κ2) is 7.55. The maximum absolute atomic E-state index is 13.0. The van der Waals surface area contributed by atoms with Crippen LogP contribution in [0.3, 0.4) is 0 Å². The van der Waals surface area contributed by atoms with Gasteiger partial charge in [0, 0.05) is 38.0 Å². The number of hydrogen-bond acceptors (Lipinski definition) is 3. The van der Waals surface area contributed by atoms with Gasteiger partial charge in [-0.1, -0.05) is 0 Å². The molecule has 26 heavy (non-hydrogen) atoms. The van der Waals surface area contributed by atoms with Crippen LogP contribution in [0.15, 0.2) is 24.3 Å². The van der Waals surface area contributed by atoms with E-state index in [9.17, 15) is 9.18 Å². The number of amides is 1. The molecular weight excluding hydrogens is 331 g/mol. The lowest BCUT2D eigenvalue weighted by Crippen LogP contribution is -2.54. The first kappa shape index (κ1) is 17.8. The molecule has 1 saturated carbocycles. The minimum atomic E-state index is -0.238. The SMILES string of the molecule is O=C1CC[C@@]2(CCCN(CCOc3ccc(F)cc3)C2)CN1CC1CC1. The zero-order valence-corrected chi connectivity index (χ0v) is 15.5. The van der Waals surface area contributed by atoms with E-state index < -0.39 is 0 Å². The summed E-state index contributed by atoms with van der Waals surface area (Å²) in [6.07, 6.45) is 6.76. The van der Waals surface area contributed by atoms with Crippen molar-refractivity contribution in [1.29, 1.82) is 0 Å². The summed E-state index contributed by atoms with van der Waals surface area (Å²) in [5, 5.41) is 0. The fourth-order valence-electron chi connectivity index (χ4n) is 4.54. The van der Waals surface area contributed by atoms with E-state index >= 15 is 0 Å². The fourth-order valence-corrected chi connectivity index (χ4v) is 4.54. The van der Waals surface area contributed by atoms with E-state index in [1.54, 1.807) is 12.1 Å². The molecule has 1 atom stereocenters. The highest BCUT2D eigenvalue weighted by atomic mass is 19.1. The van der Waals surface area contributed by atoms with Crippen LogP contribution in [0.2, 0.25) is 0 Å². The third kappa shape index (κ3) is 4.37. The van der Waals surface area contributed by atoms with Crippen molar-refractivity contribution in [3.63, 3.8) is 0 Å². The monoisotopic (exact) mass is 360 g/mol. The van der Waals surface area contributed by atoms with Crippen LogP contribution in [0.5, 0.6) is 5.75 Å². The fraction of sp³-hybridized carbons (Fsp3) is 0.667. The van der Waals surface area contributed by atoms with Crippen LogP contribution in [0.4, 0.5) is 4.39 Å². The number of carbonyl (C=O) groups excluding carboxylic acids is 1. The molecule has 2 saturated heterocycles. The van der Waals surface area contributed by atoms with Gasteiger partial charge in [-0.3, -0.25) is 9.69 Å². The van der Waals surface area contributed by atoms with Gasteiger partial charge in [0.1, 0.15) is 18.2 Å². The third-order valence-electron chi connectivity index (χ3n) is 6.15. The van der Waals surface area contributed by atoms with Gasteiger partial charge >= 0.3 is 0 Å². The van der Waals surface area contributed by atoms with Crippen molar-refractivity contribution in [2.24, 2.45) is 11.3 Å². The molecule has 2 aliphatic heterocycles. The molecule has 0 bridgehead atoms. The smallest absolute Gasteiger partial charge is 0.222 e. The number of carbonyl (C=O) groups is 1. The Morgan fingerprint density at radius 1 is 1.15 bits per heavy atom. The molecule has 1 aromatic rings. The minimum Gasteiger partial charge on any atom is -0.492 e. The molecule has 142 valence electrons. The molecule has 4 rings (SSSR count). The summed E-state index contributed by atoms with van der Waals surface area (Å²) < 4.78 is 18.7. The van der Waals surface area contributed by atoms with E-state index in [-0.39, 0.29) is 11.2 Å². The van der Waals surface area contributed by atoms with Crippen LogP contribution in [0.25, 0.3) is 0 Å². The van der Waals surface area contributed by atoms with E-state index in [2.05, 4.69) is 9.80 Å². The molecule has 3 fully saturated rings. The van der Waals surface area contributed by atoms with Crippen LogP contribution >= 0.6 is 0 Å². The Hall–Kier alpha value is -1.62. The van der Waals surface area contributed by atoms with Crippen LogP contribution in [-0.2, 0) is 4.79 Å². The van der Waals surface area contributed by atoms with Gasteiger partial charge in [0.15, 0.2) is 0 Å². The Bertz CT molecular complexity index is 631. The van der Waals surface area contributed by atoms with Crippen molar-refractivity contribution in [3.05, 3.63) is 30.1 Å². The number of nitrogens with zero attached hydrogens (tertiary/aromatic N) is 2. The number of ether oxygens (including phenoxy) is 1. The molecule has 0 radical (unpaired) electrons. The number of likely N-dealkylation sites (tertiary alicyclic amines) is 2. The number of rotatable bonds is 6. The van der Waals surface area contributed by atoms with Gasteiger partial charge in [-0.2, -0.15) is 0 Å². The van der Waals surface area contributed by atoms with Gasteiger partial charge in [0.05, 0.1) is 0 Å². The van der Waals surface area contributed by atoms with E-state index in [4.69, 9.17) is 4.74 Å². The van der Waals surface area contributed by atoms with Crippen molar-refractivity contribution < 1.29 is 13.9 Å². The molecule has 0 N–H and O–H groups in total. The summed E-state index contributed by atoms with van der Waals surface area (Å²) in [4.78, 5) is 16.9. The van der Waals surface area contributed by atoms with Crippen LogP contribution in [0, 0.1) is 17.2 Å². The molecule has 1 aliphatic carbocycles. The first-order valence-corrected chi connectivity index (χ1v) is 10.0. The number of hydrogen-bond donors (Lipinski definition) is 0. The van der Waals surface area contributed by atoms with E-state index in [1.165, 1.54) is 37.8 Å². The Kier molecular flexibility index (Phi) is 5.16. The van der Waals surface area contributed by atoms with E-state index in [0.717, 1.165) is 50.8 Å². The van der Waals surface area contributed by atoms with Crippen LogP contribution in [0.1, 0.15) is 38.5 Å². The van der Waals surface area contributed by atoms with Gasteiger partial charge in [0.25, 0.3) is 0 Å². The average molecular weight is 360 g/mol. The van der Waals surface area contributed by atoms with Crippen molar-refractivity contribution in [2.75, 3.05) is 39.3 Å². The lowest BCUT2D eigenvalue weighted by Gasteiger charge is -2.48. The van der Waals surface area contributed by atoms with Gasteiger partial charge in [-0.05, 0) is 68.8 Å². The molecule has 0 aromatic heterocycles. The predicted molar refractivity (Wildman–Crippen MR) is 98.5 cm³/mol. The molecule has 4 nitrogen and oxygen atoms in total. The lowest BCUT2D eigenvalue weighted by molar-refractivity contribution is -0.139. The summed E-state index contributed by atoms with van der Waals surface area (Å²) in [5.41, 5.74) is 0.275. The molecule has 5 heteroatoms. The van der Waals surface area contributed by atoms with Gasteiger partial charge < -0.3 is 9.64 Å². The lowest BCUT2D eigenvalue weighted by atomic mass is 9.73. The molecule has 1 amide bonds. The second-order valence-electron chi connectivity index (χ2n) is 8.40. The maximum atomic E-state index is 13.0. The largest absolute Gasteiger partial charge is 0.492 e. The summed E-state index contributed by atoms with van der Waals surface area (Å²) in [5.74, 6) is 1.60. The average Bonchev–Trinajstić information content (AvgIpc) is 3.45. The highest BCUT2D eigenvalue weighted by Crippen LogP contribution is 2.40. The van der Waals surface area contributed by atoms with Crippen LogP contribution in [-0.4, -0.2) is 55.0 Å². The Morgan fingerprint density at radius 2 is 1.96 bits per heavy atom. The van der Waals surface area contributed by atoms with E-state index in [1.807, 2.05) is 0 Å². The molecule has 1 aromatic carbocycles. The molecule has 0 unspecified atom stereocenters. The zero-order chi connectivity index (χ0) is 18.0. The van der Waals surface area contributed by atoms with Crippen molar-refractivity contribution in [2.45, 2.75) is 38.5 Å². The Labute approximate surface area is 155 Å². The topological polar surface area (TPSA) is 32.8 Å². The van der Waals surface area contributed by atoms with Gasteiger partial charge in [0.2, 0.25) is 5.91 Å². The van der Waals surface area contributed by atoms with Crippen molar-refractivity contribution in [1.82, 2.24) is 9.80 Å². The predicted octanol–water partition coefficient (Wildman–Crippen LogP) is 3.32. The Balaban J connectivity index is 1.28. The number of benzene rings is 1. The zero-order valence-electron chi connectivity index (χ0n) is 15.5.